The van der Waals surface area contributed by atoms with Gasteiger partial charge in [0.05, 0.1) is 10.8 Å². The van der Waals surface area contributed by atoms with E-state index in [-0.39, 0.29) is 11.1 Å². The smallest absolute Gasteiger partial charge is 0.262 e. The molecule has 0 atom stereocenters. The van der Waals surface area contributed by atoms with Gasteiger partial charge in [-0.25, -0.2) is 9.97 Å². The predicted molar refractivity (Wildman–Crippen MR) is 172 cm³/mol. The van der Waals surface area contributed by atoms with E-state index in [9.17, 15) is 9.59 Å². The highest BCUT2D eigenvalue weighted by Gasteiger charge is 2.25. The first-order valence-electron chi connectivity index (χ1n) is 14.9. The zero-order chi connectivity index (χ0) is 28.2. The number of nitrogens with zero attached hydrogens (tertiary/aromatic N) is 4. The molecule has 42 heavy (non-hydrogen) atoms. The van der Waals surface area contributed by atoms with Crippen molar-refractivity contribution < 1.29 is 0 Å². The van der Waals surface area contributed by atoms with Crippen LogP contribution >= 0.6 is 22.7 Å². The molecule has 0 spiro atoms. The van der Waals surface area contributed by atoms with Crippen molar-refractivity contribution in [3.63, 3.8) is 0 Å². The summed E-state index contributed by atoms with van der Waals surface area (Å²) in [6, 6.07) is 19.9. The summed E-state index contributed by atoms with van der Waals surface area (Å²) in [4.78, 5) is 43.1. The van der Waals surface area contributed by atoms with Crippen LogP contribution in [-0.4, -0.2) is 19.1 Å². The van der Waals surface area contributed by atoms with Gasteiger partial charge in [-0.1, -0.05) is 60.7 Å². The Labute approximate surface area is 251 Å². The highest BCUT2D eigenvalue weighted by Crippen LogP contribution is 2.36. The van der Waals surface area contributed by atoms with E-state index in [1.165, 1.54) is 20.9 Å². The number of hydrogen-bond donors (Lipinski definition) is 0. The maximum atomic E-state index is 14.3. The summed E-state index contributed by atoms with van der Waals surface area (Å²) in [5.41, 5.74) is 4.16. The number of aryl methyl sites for hydroxylation is 4. The average Bonchev–Trinajstić information content (AvgIpc) is 3.60. The maximum Gasteiger partial charge on any atom is 0.262 e. The molecule has 0 saturated heterocycles. The lowest BCUT2D eigenvalue weighted by Crippen LogP contribution is -2.30. The molecule has 0 saturated carbocycles. The minimum atomic E-state index is -0.00508. The molecular formula is C34H30N4O2S2. The number of benzene rings is 2. The van der Waals surface area contributed by atoms with E-state index < -0.39 is 0 Å². The third kappa shape index (κ3) is 4.19. The Balaban J connectivity index is 1.31. The van der Waals surface area contributed by atoms with Crippen molar-refractivity contribution in [3.8, 4) is 22.8 Å². The monoisotopic (exact) mass is 590 g/mol. The van der Waals surface area contributed by atoms with Gasteiger partial charge in [0.25, 0.3) is 11.1 Å². The molecule has 2 aliphatic rings. The van der Waals surface area contributed by atoms with Gasteiger partial charge in [-0.05, 0) is 62.5 Å². The molecule has 4 aromatic heterocycles. The largest absolute Gasteiger partial charge is 0.290 e. The number of fused-ring (bicyclic) bond motifs is 6. The maximum absolute atomic E-state index is 14.3. The Kier molecular flexibility index (Phi) is 6.41. The second kappa shape index (κ2) is 10.4. The van der Waals surface area contributed by atoms with Gasteiger partial charge >= 0.3 is 0 Å². The van der Waals surface area contributed by atoms with Crippen LogP contribution in [0.25, 0.3) is 43.2 Å². The second-order valence-corrected chi connectivity index (χ2v) is 13.5. The lowest BCUT2D eigenvalue weighted by molar-refractivity contribution is 0.556. The molecule has 0 aliphatic heterocycles. The van der Waals surface area contributed by atoms with Gasteiger partial charge < -0.3 is 0 Å². The molecule has 0 unspecified atom stereocenters. The number of hydrogen-bond acceptors (Lipinski definition) is 6. The van der Waals surface area contributed by atoms with E-state index in [1.54, 1.807) is 31.8 Å². The van der Waals surface area contributed by atoms with E-state index in [0.29, 0.717) is 24.7 Å². The van der Waals surface area contributed by atoms with Crippen LogP contribution in [0.15, 0.2) is 70.3 Å². The number of rotatable bonds is 5. The van der Waals surface area contributed by atoms with Crippen LogP contribution in [0.3, 0.4) is 0 Å². The van der Waals surface area contributed by atoms with Crippen LogP contribution in [0.4, 0.5) is 0 Å². The zero-order valence-electron chi connectivity index (χ0n) is 23.3. The van der Waals surface area contributed by atoms with Crippen LogP contribution < -0.4 is 11.1 Å². The minimum absolute atomic E-state index is 0.00508. The minimum Gasteiger partial charge on any atom is -0.290 e. The van der Waals surface area contributed by atoms with Gasteiger partial charge in [-0.15, -0.1) is 22.7 Å². The molecule has 2 aliphatic carbocycles. The fourth-order valence-corrected chi connectivity index (χ4v) is 9.21. The second-order valence-electron chi connectivity index (χ2n) is 11.3. The first-order valence-corrected chi connectivity index (χ1v) is 16.5. The molecule has 210 valence electrons. The highest BCUT2D eigenvalue weighted by atomic mass is 32.1. The van der Waals surface area contributed by atoms with E-state index in [4.69, 9.17) is 9.97 Å². The molecule has 2 aromatic carbocycles. The summed E-state index contributed by atoms with van der Waals surface area (Å²) in [5, 5.41) is 1.54. The van der Waals surface area contributed by atoms with Gasteiger partial charge in [0.15, 0.2) is 0 Å². The zero-order valence-corrected chi connectivity index (χ0v) is 24.9. The number of aromatic nitrogens is 4. The molecule has 6 aromatic rings. The van der Waals surface area contributed by atoms with Crippen molar-refractivity contribution in [2.45, 2.75) is 64.5 Å². The van der Waals surface area contributed by atoms with Gasteiger partial charge in [0.1, 0.15) is 21.3 Å². The Bertz CT molecular complexity index is 1940. The van der Waals surface area contributed by atoms with Gasteiger partial charge in [-0.2, -0.15) is 0 Å². The summed E-state index contributed by atoms with van der Waals surface area (Å²) in [6.45, 7) is 0.658. The van der Waals surface area contributed by atoms with E-state index in [0.717, 1.165) is 82.9 Å². The van der Waals surface area contributed by atoms with Crippen LogP contribution in [0, 0.1) is 0 Å². The summed E-state index contributed by atoms with van der Waals surface area (Å²) in [7, 11) is 0. The molecule has 8 rings (SSSR count). The summed E-state index contributed by atoms with van der Waals surface area (Å²) in [5.74, 6) is 1.31. The SMILES string of the molecule is O=c1c2c3c(sc2nc(-c2ccccc2)n1CCn1c(-c2ccccc2)nc2sc4c(c2c1=O)CCCC4)CCCC3. The van der Waals surface area contributed by atoms with Crippen molar-refractivity contribution in [2.24, 2.45) is 0 Å². The topological polar surface area (TPSA) is 69.8 Å². The molecule has 8 heteroatoms. The van der Waals surface area contributed by atoms with Crippen LogP contribution in [0.2, 0.25) is 0 Å². The van der Waals surface area contributed by atoms with Crippen molar-refractivity contribution in [2.75, 3.05) is 0 Å². The third-order valence-corrected chi connectivity index (χ3v) is 11.1. The van der Waals surface area contributed by atoms with Crippen LogP contribution in [-0.2, 0) is 38.8 Å². The Morgan fingerprint density at radius 3 is 1.40 bits per heavy atom. The summed E-state index contributed by atoms with van der Waals surface area (Å²) < 4.78 is 3.60. The van der Waals surface area contributed by atoms with Gasteiger partial charge in [0, 0.05) is 34.0 Å². The predicted octanol–water partition coefficient (Wildman–Crippen LogP) is 7.02. The van der Waals surface area contributed by atoms with E-state index in [1.807, 2.05) is 60.7 Å². The first-order chi connectivity index (χ1) is 20.7. The third-order valence-electron chi connectivity index (χ3n) is 8.76. The molecule has 4 heterocycles. The van der Waals surface area contributed by atoms with Gasteiger partial charge in [0.2, 0.25) is 0 Å². The average molecular weight is 591 g/mol. The molecular weight excluding hydrogens is 561 g/mol. The highest BCUT2D eigenvalue weighted by molar-refractivity contribution is 7.19. The molecule has 6 nitrogen and oxygen atoms in total. The normalized spacial score (nSPS) is 14.8. The lowest BCUT2D eigenvalue weighted by Gasteiger charge is -2.17. The van der Waals surface area contributed by atoms with E-state index in [2.05, 4.69) is 0 Å². The summed E-state index contributed by atoms with van der Waals surface area (Å²) >= 11 is 3.35. The lowest BCUT2D eigenvalue weighted by atomic mass is 9.97. The Hall–Kier alpha value is -3.88. The van der Waals surface area contributed by atoms with Crippen molar-refractivity contribution >= 4 is 43.1 Å². The molecule has 0 bridgehead atoms. The Morgan fingerprint density at radius 2 is 0.976 bits per heavy atom. The molecule has 0 N–H and O–H groups in total. The fraction of sp³-hybridized carbons (Fsp3) is 0.294. The standard InChI is InChI=1S/C34H30N4O2S2/c39-33-27-23-15-7-9-17-25(23)41-31(27)35-29(21-11-3-1-4-12-21)37(33)19-20-38-30(22-13-5-2-6-14-22)36-32-28(34(38)40)24-16-8-10-18-26(24)42-32/h1-6,11-14H,7-10,15-20H2. The number of thiophene rings is 2. The Morgan fingerprint density at radius 1 is 0.571 bits per heavy atom. The van der Waals surface area contributed by atoms with Gasteiger partial charge in [-0.3, -0.25) is 18.7 Å². The quantitative estimate of drug-likeness (QED) is 0.216. The molecule has 0 radical (unpaired) electrons. The summed E-state index contributed by atoms with van der Waals surface area (Å²) in [6.07, 6.45) is 8.41. The van der Waals surface area contributed by atoms with Crippen LogP contribution in [0.1, 0.15) is 46.6 Å². The van der Waals surface area contributed by atoms with E-state index >= 15 is 0 Å². The molecule has 0 fully saturated rings. The van der Waals surface area contributed by atoms with Crippen molar-refractivity contribution in [1.29, 1.82) is 0 Å². The van der Waals surface area contributed by atoms with Crippen LogP contribution in [0.5, 0.6) is 0 Å². The molecule has 0 amide bonds. The first kappa shape index (κ1) is 25.8. The van der Waals surface area contributed by atoms with Crippen molar-refractivity contribution in [1.82, 2.24) is 19.1 Å². The van der Waals surface area contributed by atoms with Crippen molar-refractivity contribution in [3.05, 3.63) is 102 Å². The fourth-order valence-electron chi connectivity index (χ4n) is 6.71.